The van der Waals surface area contributed by atoms with Gasteiger partial charge in [0.15, 0.2) is 0 Å². The SMILES string of the molecule is CC(C)(C)C(O)COCCc1ccccc1N. The third-order valence-corrected chi connectivity index (χ3v) is 2.85. The summed E-state index contributed by atoms with van der Waals surface area (Å²) in [6.07, 6.45) is 0.347. The molecule has 3 nitrogen and oxygen atoms in total. The molecule has 17 heavy (non-hydrogen) atoms. The van der Waals surface area contributed by atoms with Gasteiger partial charge >= 0.3 is 0 Å². The molecule has 0 radical (unpaired) electrons. The summed E-state index contributed by atoms with van der Waals surface area (Å²) in [5.41, 5.74) is 7.59. The predicted octanol–water partition coefficient (Wildman–Crippen LogP) is 2.23. The number of nitrogens with two attached hydrogens (primary N) is 1. The lowest BCUT2D eigenvalue weighted by atomic mass is 9.90. The average Bonchev–Trinajstić information content (AvgIpc) is 2.25. The van der Waals surface area contributed by atoms with E-state index in [9.17, 15) is 5.11 Å². The molecule has 0 bridgehead atoms. The molecular weight excluding hydrogens is 214 g/mol. The minimum Gasteiger partial charge on any atom is -0.399 e. The number of aliphatic hydroxyl groups excluding tert-OH is 1. The fourth-order valence-corrected chi connectivity index (χ4v) is 1.39. The van der Waals surface area contributed by atoms with Crippen molar-refractivity contribution < 1.29 is 9.84 Å². The molecule has 0 aliphatic heterocycles. The predicted molar refractivity (Wildman–Crippen MR) is 70.8 cm³/mol. The molecule has 0 saturated carbocycles. The zero-order valence-electron chi connectivity index (χ0n) is 10.9. The van der Waals surface area contributed by atoms with Gasteiger partial charge in [0, 0.05) is 5.69 Å². The van der Waals surface area contributed by atoms with Gasteiger partial charge in [-0.2, -0.15) is 0 Å². The van der Waals surface area contributed by atoms with E-state index >= 15 is 0 Å². The number of hydrogen-bond donors (Lipinski definition) is 2. The Morgan fingerprint density at radius 1 is 1.29 bits per heavy atom. The van der Waals surface area contributed by atoms with Crippen molar-refractivity contribution in [1.82, 2.24) is 0 Å². The van der Waals surface area contributed by atoms with Crippen LogP contribution in [0.5, 0.6) is 0 Å². The van der Waals surface area contributed by atoms with Crippen LogP contribution in [0.4, 0.5) is 5.69 Å². The van der Waals surface area contributed by atoms with E-state index in [1.165, 1.54) is 0 Å². The summed E-state index contributed by atoms with van der Waals surface area (Å²) in [5.74, 6) is 0. The van der Waals surface area contributed by atoms with Gasteiger partial charge < -0.3 is 15.6 Å². The van der Waals surface area contributed by atoms with Crippen molar-refractivity contribution in [2.75, 3.05) is 18.9 Å². The standard InChI is InChI=1S/C14H23NO2/c1-14(2,3)13(16)10-17-9-8-11-6-4-5-7-12(11)15/h4-7,13,16H,8-10,15H2,1-3H3. The maximum atomic E-state index is 9.79. The maximum absolute atomic E-state index is 9.79. The second-order valence-electron chi connectivity index (χ2n) is 5.41. The van der Waals surface area contributed by atoms with Crippen LogP contribution in [-0.2, 0) is 11.2 Å². The zero-order chi connectivity index (χ0) is 12.9. The van der Waals surface area contributed by atoms with Gasteiger partial charge in [-0.15, -0.1) is 0 Å². The van der Waals surface area contributed by atoms with Crippen molar-refractivity contribution in [3.8, 4) is 0 Å². The van der Waals surface area contributed by atoms with Crippen LogP contribution >= 0.6 is 0 Å². The Labute approximate surface area is 104 Å². The fraction of sp³-hybridized carbons (Fsp3) is 0.571. The van der Waals surface area contributed by atoms with E-state index in [1.807, 2.05) is 45.0 Å². The number of hydrogen-bond acceptors (Lipinski definition) is 3. The lowest BCUT2D eigenvalue weighted by Gasteiger charge is -2.25. The smallest absolute Gasteiger partial charge is 0.0821 e. The summed E-state index contributed by atoms with van der Waals surface area (Å²) >= 11 is 0. The first kappa shape index (κ1) is 14.0. The number of anilines is 1. The Morgan fingerprint density at radius 2 is 1.94 bits per heavy atom. The molecule has 0 aliphatic rings. The fourth-order valence-electron chi connectivity index (χ4n) is 1.39. The number of rotatable bonds is 5. The summed E-state index contributed by atoms with van der Waals surface area (Å²) in [6.45, 7) is 6.94. The Hall–Kier alpha value is -1.06. The summed E-state index contributed by atoms with van der Waals surface area (Å²) in [7, 11) is 0. The molecule has 1 rings (SSSR count). The second-order valence-corrected chi connectivity index (χ2v) is 5.41. The Balaban J connectivity index is 2.28. The first-order chi connectivity index (χ1) is 7.91. The largest absolute Gasteiger partial charge is 0.399 e. The maximum Gasteiger partial charge on any atom is 0.0821 e. The Morgan fingerprint density at radius 3 is 2.53 bits per heavy atom. The summed E-state index contributed by atoms with van der Waals surface area (Å²) in [6, 6.07) is 7.77. The van der Waals surface area contributed by atoms with E-state index in [-0.39, 0.29) is 5.41 Å². The van der Waals surface area contributed by atoms with Crippen molar-refractivity contribution in [3.63, 3.8) is 0 Å². The van der Waals surface area contributed by atoms with E-state index in [0.717, 1.165) is 17.7 Å². The quantitative estimate of drug-likeness (QED) is 0.610. The van der Waals surface area contributed by atoms with Crippen LogP contribution in [0.2, 0.25) is 0 Å². The summed E-state index contributed by atoms with van der Waals surface area (Å²) in [4.78, 5) is 0. The van der Waals surface area contributed by atoms with Crippen molar-refractivity contribution in [3.05, 3.63) is 29.8 Å². The summed E-state index contributed by atoms with van der Waals surface area (Å²) < 4.78 is 5.48. The first-order valence-electron chi connectivity index (χ1n) is 6.00. The lowest BCUT2D eigenvalue weighted by molar-refractivity contribution is -0.0195. The molecule has 1 unspecified atom stereocenters. The van der Waals surface area contributed by atoms with Crippen LogP contribution in [0, 0.1) is 5.41 Å². The number of benzene rings is 1. The molecule has 0 spiro atoms. The molecule has 96 valence electrons. The molecule has 0 fully saturated rings. The summed E-state index contributed by atoms with van der Waals surface area (Å²) in [5, 5.41) is 9.79. The third kappa shape index (κ3) is 4.75. The highest BCUT2D eigenvalue weighted by atomic mass is 16.5. The van der Waals surface area contributed by atoms with E-state index < -0.39 is 6.10 Å². The minimum absolute atomic E-state index is 0.133. The molecule has 0 saturated heterocycles. The molecular formula is C14H23NO2. The number of aliphatic hydroxyl groups is 1. The van der Waals surface area contributed by atoms with Crippen molar-refractivity contribution in [2.45, 2.75) is 33.3 Å². The van der Waals surface area contributed by atoms with Crippen LogP contribution in [0.15, 0.2) is 24.3 Å². The molecule has 1 atom stereocenters. The number of para-hydroxylation sites is 1. The van der Waals surface area contributed by atoms with Crippen LogP contribution < -0.4 is 5.73 Å². The third-order valence-electron chi connectivity index (χ3n) is 2.85. The normalized spacial score (nSPS) is 13.6. The van der Waals surface area contributed by atoms with E-state index in [2.05, 4.69) is 0 Å². The van der Waals surface area contributed by atoms with Crippen LogP contribution in [-0.4, -0.2) is 24.4 Å². The average molecular weight is 237 g/mol. The molecule has 0 amide bonds. The van der Waals surface area contributed by atoms with Gasteiger partial charge in [-0.1, -0.05) is 39.0 Å². The number of nitrogen functional groups attached to an aromatic ring is 1. The van der Waals surface area contributed by atoms with Crippen LogP contribution in [0.25, 0.3) is 0 Å². The van der Waals surface area contributed by atoms with Gasteiger partial charge in [0.2, 0.25) is 0 Å². The highest BCUT2D eigenvalue weighted by Crippen LogP contribution is 2.19. The van der Waals surface area contributed by atoms with Gasteiger partial charge in [-0.25, -0.2) is 0 Å². The monoisotopic (exact) mass is 237 g/mol. The molecule has 3 heteroatoms. The van der Waals surface area contributed by atoms with Gasteiger partial charge in [-0.05, 0) is 23.5 Å². The molecule has 1 aromatic carbocycles. The molecule has 0 heterocycles. The van der Waals surface area contributed by atoms with E-state index in [4.69, 9.17) is 10.5 Å². The van der Waals surface area contributed by atoms with E-state index in [0.29, 0.717) is 13.2 Å². The van der Waals surface area contributed by atoms with Gasteiger partial charge in [-0.3, -0.25) is 0 Å². The lowest BCUT2D eigenvalue weighted by Crippen LogP contribution is -2.31. The van der Waals surface area contributed by atoms with Crippen molar-refractivity contribution in [2.24, 2.45) is 5.41 Å². The molecule has 0 aromatic heterocycles. The first-order valence-corrected chi connectivity index (χ1v) is 6.00. The number of ether oxygens (including phenoxy) is 1. The van der Waals surface area contributed by atoms with Crippen LogP contribution in [0.1, 0.15) is 26.3 Å². The second kappa shape index (κ2) is 6.03. The van der Waals surface area contributed by atoms with Crippen LogP contribution in [0.3, 0.4) is 0 Å². The van der Waals surface area contributed by atoms with Gasteiger partial charge in [0.25, 0.3) is 0 Å². The highest BCUT2D eigenvalue weighted by Gasteiger charge is 2.21. The Bertz CT molecular complexity index is 344. The van der Waals surface area contributed by atoms with Crippen molar-refractivity contribution >= 4 is 5.69 Å². The topological polar surface area (TPSA) is 55.5 Å². The zero-order valence-corrected chi connectivity index (χ0v) is 10.9. The van der Waals surface area contributed by atoms with Gasteiger partial charge in [0.1, 0.15) is 0 Å². The Kier molecular flexibility index (Phi) is 4.97. The van der Waals surface area contributed by atoms with Gasteiger partial charge in [0.05, 0.1) is 19.3 Å². The van der Waals surface area contributed by atoms with E-state index in [1.54, 1.807) is 0 Å². The molecule has 1 aromatic rings. The molecule has 0 aliphatic carbocycles. The van der Waals surface area contributed by atoms with Crippen molar-refractivity contribution in [1.29, 1.82) is 0 Å². The highest BCUT2D eigenvalue weighted by molar-refractivity contribution is 5.46. The molecule has 3 N–H and O–H groups in total. The minimum atomic E-state index is -0.435.